The van der Waals surface area contributed by atoms with E-state index in [1.165, 1.54) is 18.4 Å². The molecule has 6 heteroatoms. The van der Waals surface area contributed by atoms with E-state index in [9.17, 15) is 4.79 Å². The Morgan fingerprint density at radius 1 is 1.64 bits per heavy atom. The number of ether oxygens (including phenoxy) is 1. The van der Waals surface area contributed by atoms with Gasteiger partial charge < -0.3 is 4.74 Å². The summed E-state index contributed by atoms with van der Waals surface area (Å²) >= 11 is 1.47. The van der Waals surface area contributed by atoms with Gasteiger partial charge in [-0.05, 0) is 0 Å². The summed E-state index contributed by atoms with van der Waals surface area (Å²) in [6.07, 6.45) is 1.69. The number of rotatable bonds is 2. The molecule has 0 amide bonds. The molecule has 0 radical (unpaired) electrons. The number of aromatic nitrogens is 3. The Bertz CT molecular complexity index is 435. The van der Waals surface area contributed by atoms with Gasteiger partial charge in [0, 0.05) is 17.6 Å². The summed E-state index contributed by atoms with van der Waals surface area (Å²) in [6, 6.07) is 1.62. The van der Waals surface area contributed by atoms with Gasteiger partial charge in [0.15, 0.2) is 5.69 Å². The molecule has 0 atom stereocenters. The van der Waals surface area contributed by atoms with Crippen molar-refractivity contribution in [3.63, 3.8) is 0 Å². The third-order valence-corrected chi connectivity index (χ3v) is 2.44. The molecule has 72 valence electrons. The summed E-state index contributed by atoms with van der Waals surface area (Å²) in [5.41, 5.74) is 0.984. The number of carbonyl (C=O) groups is 1. The zero-order chi connectivity index (χ0) is 9.97. The van der Waals surface area contributed by atoms with Gasteiger partial charge >= 0.3 is 5.97 Å². The Kier molecular flexibility index (Phi) is 2.28. The summed E-state index contributed by atoms with van der Waals surface area (Å²) in [7, 11) is 1.32. The highest BCUT2D eigenvalue weighted by atomic mass is 32.1. The standard InChI is InChI=1S/C8H7N3O2S/c1-13-8(12)6-4-5(10-11-6)7-9-2-3-14-7/h2-4H,1H3,(H,10,11). The van der Waals surface area contributed by atoms with Gasteiger partial charge in [-0.25, -0.2) is 9.78 Å². The maximum Gasteiger partial charge on any atom is 0.358 e. The van der Waals surface area contributed by atoms with Crippen LogP contribution in [0.25, 0.3) is 10.7 Å². The van der Waals surface area contributed by atoms with Gasteiger partial charge in [-0.15, -0.1) is 11.3 Å². The number of hydrogen-bond donors (Lipinski definition) is 1. The molecule has 0 spiro atoms. The van der Waals surface area contributed by atoms with Gasteiger partial charge in [-0.3, -0.25) is 5.10 Å². The Morgan fingerprint density at radius 2 is 2.50 bits per heavy atom. The molecule has 0 fully saturated rings. The van der Waals surface area contributed by atoms with E-state index in [4.69, 9.17) is 0 Å². The van der Waals surface area contributed by atoms with Crippen molar-refractivity contribution in [1.82, 2.24) is 15.2 Å². The van der Waals surface area contributed by atoms with Crippen molar-refractivity contribution >= 4 is 17.3 Å². The average molecular weight is 209 g/mol. The zero-order valence-electron chi connectivity index (χ0n) is 7.35. The fourth-order valence-electron chi connectivity index (χ4n) is 0.997. The SMILES string of the molecule is COC(=O)c1cc(-c2nccs2)[nH]n1. The average Bonchev–Trinajstić information content (AvgIpc) is 2.86. The van der Waals surface area contributed by atoms with E-state index in [-0.39, 0.29) is 5.69 Å². The number of carbonyl (C=O) groups excluding carboxylic acids is 1. The molecule has 0 bridgehead atoms. The minimum atomic E-state index is -0.455. The van der Waals surface area contributed by atoms with E-state index in [1.807, 2.05) is 5.38 Å². The number of esters is 1. The third-order valence-electron chi connectivity index (χ3n) is 1.64. The first-order valence-electron chi connectivity index (χ1n) is 3.85. The van der Waals surface area contributed by atoms with Crippen molar-refractivity contribution < 1.29 is 9.53 Å². The molecule has 0 aliphatic carbocycles. The number of nitrogens with zero attached hydrogens (tertiary/aromatic N) is 2. The lowest BCUT2D eigenvalue weighted by Gasteiger charge is -1.89. The fraction of sp³-hybridized carbons (Fsp3) is 0.125. The quantitative estimate of drug-likeness (QED) is 0.757. The van der Waals surface area contributed by atoms with Crippen molar-refractivity contribution in [2.24, 2.45) is 0 Å². The Labute approximate surface area is 83.8 Å². The lowest BCUT2D eigenvalue weighted by molar-refractivity contribution is 0.0594. The first-order chi connectivity index (χ1) is 6.81. The second kappa shape index (κ2) is 3.59. The molecule has 0 aromatic carbocycles. The van der Waals surface area contributed by atoms with Crippen molar-refractivity contribution in [2.45, 2.75) is 0 Å². The van der Waals surface area contributed by atoms with Crippen LogP contribution >= 0.6 is 11.3 Å². The second-order valence-electron chi connectivity index (χ2n) is 2.50. The highest BCUT2D eigenvalue weighted by Gasteiger charge is 2.11. The van der Waals surface area contributed by atoms with Crippen LogP contribution in [-0.4, -0.2) is 28.3 Å². The van der Waals surface area contributed by atoms with E-state index in [0.717, 1.165) is 10.7 Å². The molecular weight excluding hydrogens is 202 g/mol. The summed E-state index contributed by atoms with van der Waals surface area (Å²) in [6.45, 7) is 0. The van der Waals surface area contributed by atoms with Crippen molar-refractivity contribution in [3.8, 4) is 10.7 Å². The van der Waals surface area contributed by atoms with E-state index in [1.54, 1.807) is 12.3 Å². The molecule has 0 saturated heterocycles. The minimum Gasteiger partial charge on any atom is -0.464 e. The minimum absolute atomic E-state index is 0.262. The van der Waals surface area contributed by atoms with Gasteiger partial charge in [-0.1, -0.05) is 0 Å². The predicted molar refractivity (Wildman–Crippen MR) is 51.0 cm³/mol. The molecule has 0 saturated carbocycles. The van der Waals surface area contributed by atoms with Crippen LogP contribution in [0.4, 0.5) is 0 Å². The maximum atomic E-state index is 11.1. The van der Waals surface area contributed by atoms with Crippen LogP contribution in [0.5, 0.6) is 0 Å². The van der Waals surface area contributed by atoms with Crippen molar-refractivity contribution in [1.29, 1.82) is 0 Å². The lowest BCUT2D eigenvalue weighted by atomic mass is 10.3. The van der Waals surface area contributed by atoms with Crippen LogP contribution in [0.2, 0.25) is 0 Å². The molecular formula is C8H7N3O2S. The largest absolute Gasteiger partial charge is 0.464 e. The molecule has 2 heterocycles. The van der Waals surface area contributed by atoms with Crippen LogP contribution < -0.4 is 0 Å². The van der Waals surface area contributed by atoms with Crippen molar-refractivity contribution in [3.05, 3.63) is 23.3 Å². The molecule has 0 aliphatic heterocycles. The van der Waals surface area contributed by atoms with Crippen LogP contribution in [0.15, 0.2) is 17.6 Å². The molecule has 1 N–H and O–H groups in total. The van der Waals surface area contributed by atoms with Gasteiger partial charge in [0.1, 0.15) is 5.01 Å². The fourth-order valence-corrected chi connectivity index (χ4v) is 1.60. The van der Waals surface area contributed by atoms with Gasteiger partial charge in [0.25, 0.3) is 0 Å². The highest BCUT2D eigenvalue weighted by Crippen LogP contribution is 2.19. The van der Waals surface area contributed by atoms with Crippen molar-refractivity contribution in [2.75, 3.05) is 7.11 Å². The van der Waals surface area contributed by atoms with E-state index >= 15 is 0 Å². The smallest absolute Gasteiger partial charge is 0.358 e. The monoisotopic (exact) mass is 209 g/mol. The molecule has 2 aromatic heterocycles. The first-order valence-corrected chi connectivity index (χ1v) is 4.73. The molecule has 0 unspecified atom stereocenters. The molecule has 14 heavy (non-hydrogen) atoms. The van der Waals surface area contributed by atoms with Crippen LogP contribution in [0.3, 0.4) is 0 Å². The van der Waals surface area contributed by atoms with Crippen LogP contribution in [0.1, 0.15) is 10.5 Å². The number of thiazole rings is 1. The van der Waals surface area contributed by atoms with E-state index in [0.29, 0.717) is 0 Å². The molecule has 5 nitrogen and oxygen atoms in total. The summed E-state index contributed by atoms with van der Waals surface area (Å²) in [4.78, 5) is 15.2. The van der Waals surface area contributed by atoms with Crippen LogP contribution in [0, 0.1) is 0 Å². The number of hydrogen-bond acceptors (Lipinski definition) is 5. The van der Waals surface area contributed by atoms with E-state index in [2.05, 4.69) is 19.9 Å². The summed E-state index contributed by atoms with van der Waals surface area (Å²) < 4.78 is 4.53. The van der Waals surface area contributed by atoms with Gasteiger partial charge in [0.2, 0.25) is 0 Å². The molecule has 2 rings (SSSR count). The summed E-state index contributed by atoms with van der Waals surface area (Å²) in [5, 5.41) is 9.18. The number of aromatic amines is 1. The predicted octanol–water partition coefficient (Wildman–Crippen LogP) is 1.32. The third kappa shape index (κ3) is 1.51. The lowest BCUT2D eigenvalue weighted by Crippen LogP contribution is -2.00. The number of H-pyrrole nitrogens is 1. The van der Waals surface area contributed by atoms with E-state index < -0.39 is 5.97 Å². The van der Waals surface area contributed by atoms with Crippen LogP contribution in [-0.2, 0) is 4.74 Å². The normalized spacial score (nSPS) is 10.1. The first kappa shape index (κ1) is 8.89. The summed E-state index contributed by atoms with van der Waals surface area (Å²) in [5.74, 6) is -0.455. The Hall–Kier alpha value is -1.69. The van der Waals surface area contributed by atoms with Gasteiger partial charge in [-0.2, -0.15) is 5.10 Å². The Balaban J connectivity index is 2.31. The Morgan fingerprint density at radius 3 is 3.14 bits per heavy atom. The highest BCUT2D eigenvalue weighted by molar-refractivity contribution is 7.13. The molecule has 2 aromatic rings. The number of methoxy groups -OCH3 is 1. The second-order valence-corrected chi connectivity index (χ2v) is 3.39. The maximum absolute atomic E-state index is 11.1. The zero-order valence-corrected chi connectivity index (χ0v) is 8.17. The topological polar surface area (TPSA) is 67.9 Å². The van der Waals surface area contributed by atoms with Gasteiger partial charge in [0.05, 0.1) is 12.8 Å². The molecule has 0 aliphatic rings. The number of nitrogens with one attached hydrogen (secondary N) is 1.